The van der Waals surface area contributed by atoms with Gasteiger partial charge in [-0.25, -0.2) is 0 Å². The summed E-state index contributed by atoms with van der Waals surface area (Å²) >= 11 is 6.00. The molecule has 21 heavy (non-hydrogen) atoms. The minimum absolute atomic E-state index is 0.0282. The van der Waals surface area contributed by atoms with Crippen molar-refractivity contribution >= 4 is 28.9 Å². The Kier molecular flexibility index (Phi) is 3.38. The van der Waals surface area contributed by atoms with Gasteiger partial charge in [0, 0.05) is 22.7 Å². The second-order valence-corrected chi connectivity index (χ2v) is 6.36. The van der Waals surface area contributed by atoms with Crippen LogP contribution < -0.4 is 10.2 Å². The van der Waals surface area contributed by atoms with Gasteiger partial charge < -0.3 is 10.2 Å². The Bertz CT molecular complexity index is 697. The predicted octanol–water partition coefficient (Wildman–Crippen LogP) is 4.19. The van der Waals surface area contributed by atoms with Crippen LogP contribution >= 0.6 is 11.6 Å². The quantitative estimate of drug-likeness (QED) is 0.856. The molecule has 4 heteroatoms. The molecule has 0 saturated carbocycles. The number of hydrogen-bond donors (Lipinski definition) is 1. The number of para-hydroxylation sites is 2. The standard InChI is InChI=1S/C17H17ClN2O/c1-17(2)11-20(15-9-4-3-8-14(15)19-17)16(21)12-6-5-7-13(18)10-12/h3-10,19H,11H2,1-2H3. The Hall–Kier alpha value is -2.00. The molecule has 0 bridgehead atoms. The van der Waals surface area contributed by atoms with E-state index in [1.165, 1.54) is 0 Å². The maximum absolute atomic E-state index is 12.8. The number of nitrogens with zero attached hydrogens (tertiary/aromatic N) is 1. The van der Waals surface area contributed by atoms with Crippen molar-refractivity contribution in [2.45, 2.75) is 19.4 Å². The van der Waals surface area contributed by atoms with E-state index in [0.29, 0.717) is 17.1 Å². The zero-order valence-corrected chi connectivity index (χ0v) is 12.8. The van der Waals surface area contributed by atoms with Crippen molar-refractivity contribution in [3.8, 4) is 0 Å². The van der Waals surface area contributed by atoms with Gasteiger partial charge in [-0.05, 0) is 44.2 Å². The fourth-order valence-corrected chi connectivity index (χ4v) is 2.85. The van der Waals surface area contributed by atoms with E-state index in [4.69, 9.17) is 11.6 Å². The highest BCUT2D eigenvalue weighted by molar-refractivity contribution is 6.31. The van der Waals surface area contributed by atoms with Gasteiger partial charge in [-0.2, -0.15) is 0 Å². The van der Waals surface area contributed by atoms with Crippen LogP contribution in [0.25, 0.3) is 0 Å². The number of hydrogen-bond acceptors (Lipinski definition) is 2. The first kappa shape index (κ1) is 14.0. The number of fused-ring (bicyclic) bond motifs is 1. The average molecular weight is 301 g/mol. The van der Waals surface area contributed by atoms with Crippen molar-refractivity contribution in [1.82, 2.24) is 0 Å². The van der Waals surface area contributed by atoms with Gasteiger partial charge in [-0.1, -0.05) is 29.8 Å². The van der Waals surface area contributed by atoms with E-state index in [2.05, 4.69) is 19.2 Å². The van der Waals surface area contributed by atoms with Gasteiger partial charge in [-0.3, -0.25) is 4.79 Å². The number of rotatable bonds is 1. The number of anilines is 2. The number of amides is 1. The first-order chi connectivity index (χ1) is 9.96. The molecule has 0 fully saturated rings. The largest absolute Gasteiger partial charge is 0.377 e. The van der Waals surface area contributed by atoms with Crippen molar-refractivity contribution in [2.75, 3.05) is 16.8 Å². The summed E-state index contributed by atoms with van der Waals surface area (Å²) in [6.07, 6.45) is 0. The van der Waals surface area contributed by atoms with Gasteiger partial charge in [0.05, 0.1) is 11.4 Å². The number of carbonyl (C=O) groups is 1. The maximum atomic E-state index is 12.8. The van der Waals surface area contributed by atoms with E-state index in [1.54, 1.807) is 24.3 Å². The first-order valence-electron chi connectivity index (χ1n) is 6.91. The third-order valence-corrected chi connectivity index (χ3v) is 3.77. The second-order valence-electron chi connectivity index (χ2n) is 5.93. The van der Waals surface area contributed by atoms with Gasteiger partial charge in [-0.15, -0.1) is 0 Å². The van der Waals surface area contributed by atoms with Crippen LogP contribution in [-0.2, 0) is 0 Å². The van der Waals surface area contributed by atoms with Gasteiger partial charge in [0.15, 0.2) is 0 Å². The lowest BCUT2D eigenvalue weighted by molar-refractivity contribution is 0.0981. The van der Waals surface area contributed by atoms with E-state index >= 15 is 0 Å². The molecule has 0 aliphatic carbocycles. The molecule has 0 saturated heterocycles. The van der Waals surface area contributed by atoms with Crippen LogP contribution in [0.2, 0.25) is 5.02 Å². The van der Waals surface area contributed by atoms with Crippen LogP contribution in [-0.4, -0.2) is 18.0 Å². The van der Waals surface area contributed by atoms with Crippen molar-refractivity contribution in [3.05, 3.63) is 59.1 Å². The summed E-state index contributed by atoms with van der Waals surface area (Å²) in [6, 6.07) is 14.9. The Morgan fingerprint density at radius 3 is 2.71 bits per heavy atom. The van der Waals surface area contributed by atoms with Crippen LogP contribution in [0, 0.1) is 0 Å². The molecule has 1 amide bonds. The highest BCUT2D eigenvalue weighted by Crippen LogP contribution is 2.35. The molecule has 1 aliphatic rings. The SMILES string of the molecule is CC1(C)CN(C(=O)c2cccc(Cl)c2)c2ccccc2N1. The molecule has 0 unspecified atom stereocenters. The molecular formula is C17H17ClN2O. The summed E-state index contributed by atoms with van der Waals surface area (Å²) in [6.45, 7) is 4.78. The molecule has 2 aromatic rings. The smallest absolute Gasteiger partial charge is 0.258 e. The van der Waals surface area contributed by atoms with Crippen LogP contribution in [0.3, 0.4) is 0 Å². The highest BCUT2D eigenvalue weighted by Gasteiger charge is 2.33. The van der Waals surface area contributed by atoms with Crippen molar-refractivity contribution in [1.29, 1.82) is 0 Å². The molecule has 1 aliphatic heterocycles. The molecule has 108 valence electrons. The van der Waals surface area contributed by atoms with Crippen molar-refractivity contribution in [2.24, 2.45) is 0 Å². The van der Waals surface area contributed by atoms with Gasteiger partial charge in [0.1, 0.15) is 0 Å². The fourth-order valence-electron chi connectivity index (χ4n) is 2.66. The second kappa shape index (κ2) is 5.08. The van der Waals surface area contributed by atoms with Crippen LogP contribution in [0.1, 0.15) is 24.2 Å². The molecule has 1 N–H and O–H groups in total. The average Bonchev–Trinajstić information content (AvgIpc) is 2.44. The molecule has 0 atom stereocenters. The lowest BCUT2D eigenvalue weighted by Gasteiger charge is -2.40. The Labute approximate surface area is 129 Å². The molecule has 0 aromatic heterocycles. The Balaban J connectivity index is 2.03. The molecule has 2 aromatic carbocycles. The third-order valence-electron chi connectivity index (χ3n) is 3.54. The lowest BCUT2D eigenvalue weighted by atomic mass is 9.98. The van der Waals surface area contributed by atoms with E-state index in [9.17, 15) is 4.79 Å². The maximum Gasteiger partial charge on any atom is 0.258 e. The van der Waals surface area contributed by atoms with E-state index in [-0.39, 0.29) is 11.4 Å². The zero-order valence-electron chi connectivity index (χ0n) is 12.1. The summed E-state index contributed by atoms with van der Waals surface area (Å²) in [5.74, 6) is -0.0282. The van der Waals surface area contributed by atoms with Gasteiger partial charge in [0.25, 0.3) is 5.91 Å². The van der Waals surface area contributed by atoms with Crippen LogP contribution in [0.15, 0.2) is 48.5 Å². The third kappa shape index (κ3) is 2.74. The number of halogens is 1. The molecular weight excluding hydrogens is 284 g/mol. The summed E-state index contributed by atoms with van der Waals surface area (Å²) in [4.78, 5) is 14.7. The number of benzene rings is 2. The van der Waals surface area contributed by atoms with E-state index in [1.807, 2.05) is 29.2 Å². The Morgan fingerprint density at radius 1 is 1.19 bits per heavy atom. The number of carbonyl (C=O) groups excluding carboxylic acids is 1. The normalized spacial score (nSPS) is 16.0. The molecule has 0 radical (unpaired) electrons. The van der Waals surface area contributed by atoms with Crippen LogP contribution in [0.5, 0.6) is 0 Å². The van der Waals surface area contributed by atoms with Crippen molar-refractivity contribution < 1.29 is 4.79 Å². The Morgan fingerprint density at radius 2 is 1.95 bits per heavy atom. The molecule has 0 spiro atoms. The van der Waals surface area contributed by atoms with Gasteiger partial charge in [0.2, 0.25) is 0 Å². The predicted molar refractivity (Wildman–Crippen MR) is 87.3 cm³/mol. The highest BCUT2D eigenvalue weighted by atomic mass is 35.5. The van der Waals surface area contributed by atoms with E-state index in [0.717, 1.165) is 11.4 Å². The molecule has 3 nitrogen and oxygen atoms in total. The van der Waals surface area contributed by atoms with E-state index < -0.39 is 0 Å². The van der Waals surface area contributed by atoms with Crippen molar-refractivity contribution in [3.63, 3.8) is 0 Å². The minimum atomic E-state index is -0.178. The summed E-state index contributed by atoms with van der Waals surface area (Å²) in [7, 11) is 0. The lowest BCUT2D eigenvalue weighted by Crippen LogP contribution is -2.50. The first-order valence-corrected chi connectivity index (χ1v) is 7.29. The molecule has 1 heterocycles. The summed E-state index contributed by atoms with van der Waals surface area (Å²) in [5.41, 5.74) is 2.31. The zero-order chi connectivity index (χ0) is 15.0. The summed E-state index contributed by atoms with van der Waals surface area (Å²) < 4.78 is 0. The fraction of sp³-hybridized carbons (Fsp3) is 0.235. The molecule has 3 rings (SSSR count). The van der Waals surface area contributed by atoms with Crippen LogP contribution in [0.4, 0.5) is 11.4 Å². The minimum Gasteiger partial charge on any atom is -0.377 e. The van der Waals surface area contributed by atoms with Gasteiger partial charge >= 0.3 is 0 Å². The monoisotopic (exact) mass is 300 g/mol. The topological polar surface area (TPSA) is 32.3 Å². The summed E-state index contributed by atoms with van der Waals surface area (Å²) in [5, 5.41) is 4.04. The number of nitrogens with one attached hydrogen (secondary N) is 1.